The Morgan fingerprint density at radius 2 is 2.03 bits per heavy atom. The van der Waals surface area contributed by atoms with E-state index in [9.17, 15) is 14.7 Å². The van der Waals surface area contributed by atoms with Gasteiger partial charge in [0.15, 0.2) is 0 Å². The molecule has 1 saturated carbocycles. The number of nitrogens with one attached hydrogen (secondary N) is 1. The normalized spacial score (nSPS) is 27.2. The number of aliphatic hydroxyl groups excluding tert-OH is 1. The van der Waals surface area contributed by atoms with Gasteiger partial charge in [-0.05, 0) is 69.1 Å². The smallest absolute Gasteiger partial charge is 0.411 e. The van der Waals surface area contributed by atoms with E-state index in [1.54, 1.807) is 12.1 Å². The second-order valence-corrected chi connectivity index (χ2v) is 10.4. The molecule has 2 heterocycles. The number of likely N-dealkylation sites (tertiary alicyclic amines) is 1. The van der Waals surface area contributed by atoms with Crippen molar-refractivity contribution in [2.45, 2.75) is 70.9 Å². The molecule has 1 spiro atoms. The average molecular weight is 469 g/mol. The van der Waals surface area contributed by atoms with Crippen molar-refractivity contribution in [3.63, 3.8) is 0 Å². The summed E-state index contributed by atoms with van der Waals surface area (Å²) in [4.78, 5) is 33.6. The molecule has 0 bridgehead atoms. The molecule has 8 heteroatoms. The Bertz CT molecular complexity index is 951. The van der Waals surface area contributed by atoms with Crippen LogP contribution in [0.25, 0.3) is 4.85 Å². The van der Waals surface area contributed by atoms with E-state index in [0.29, 0.717) is 24.5 Å². The topological polar surface area (TPSA) is 86.5 Å². The Kier molecular flexibility index (Phi) is 7.32. The summed E-state index contributed by atoms with van der Waals surface area (Å²) in [6.45, 7) is 14.2. The minimum absolute atomic E-state index is 0.227. The number of hydrogen-bond donors (Lipinski definition) is 2. The summed E-state index contributed by atoms with van der Waals surface area (Å²) in [6.07, 6.45) is 5.17. The number of rotatable bonds is 5. The van der Waals surface area contributed by atoms with Crippen LogP contribution in [0.15, 0.2) is 18.2 Å². The first-order valence-corrected chi connectivity index (χ1v) is 12.5. The van der Waals surface area contributed by atoms with Gasteiger partial charge in [-0.1, -0.05) is 13.8 Å². The molecule has 3 fully saturated rings. The zero-order chi connectivity index (χ0) is 24.3. The van der Waals surface area contributed by atoms with Crippen LogP contribution >= 0.6 is 0 Å². The van der Waals surface area contributed by atoms with Gasteiger partial charge in [0, 0.05) is 37.1 Å². The molecule has 8 nitrogen and oxygen atoms in total. The Morgan fingerprint density at radius 1 is 1.26 bits per heavy atom. The molecule has 34 heavy (non-hydrogen) atoms. The van der Waals surface area contributed by atoms with E-state index in [4.69, 9.17) is 11.3 Å². The first-order valence-electron chi connectivity index (χ1n) is 12.5. The van der Waals surface area contributed by atoms with Crippen molar-refractivity contribution in [3.8, 4) is 0 Å². The van der Waals surface area contributed by atoms with Gasteiger partial charge in [0.05, 0.1) is 24.7 Å². The van der Waals surface area contributed by atoms with E-state index >= 15 is 0 Å². The van der Waals surface area contributed by atoms with Gasteiger partial charge in [0.25, 0.3) is 0 Å². The summed E-state index contributed by atoms with van der Waals surface area (Å²) >= 11 is 0. The van der Waals surface area contributed by atoms with Crippen LogP contribution in [0.4, 0.5) is 21.9 Å². The third-order valence-corrected chi connectivity index (χ3v) is 7.46. The van der Waals surface area contributed by atoms with Crippen molar-refractivity contribution >= 4 is 29.1 Å². The minimum atomic E-state index is -0.527. The second-order valence-electron chi connectivity index (χ2n) is 10.4. The van der Waals surface area contributed by atoms with E-state index in [0.717, 1.165) is 63.7 Å². The zero-order valence-corrected chi connectivity index (χ0v) is 20.3. The van der Waals surface area contributed by atoms with Crippen LogP contribution in [0.3, 0.4) is 0 Å². The van der Waals surface area contributed by atoms with Gasteiger partial charge in [-0.25, -0.2) is 9.64 Å². The van der Waals surface area contributed by atoms with Gasteiger partial charge in [-0.2, -0.15) is 0 Å². The summed E-state index contributed by atoms with van der Waals surface area (Å²) in [6, 6.07) is 5.57. The van der Waals surface area contributed by atoms with Crippen LogP contribution in [0, 0.1) is 17.9 Å². The highest BCUT2D eigenvalue weighted by Crippen LogP contribution is 2.45. The van der Waals surface area contributed by atoms with Gasteiger partial charge < -0.3 is 19.6 Å². The molecule has 0 radical (unpaired) electrons. The van der Waals surface area contributed by atoms with Gasteiger partial charge in [0.2, 0.25) is 11.6 Å². The molecule has 2 N–H and O–H groups in total. The summed E-state index contributed by atoms with van der Waals surface area (Å²) in [5, 5.41) is 12.5. The highest BCUT2D eigenvalue weighted by molar-refractivity contribution is 5.89. The Hall–Kier alpha value is -2.79. The quantitative estimate of drug-likeness (QED) is 0.619. The summed E-state index contributed by atoms with van der Waals surface area (Å²) in [5.41, 5.74) is 1.40. The van der Waals surface area contributed by atoms with Crippen LogP contribution in [-0.2, 0) is 9.53 Å². The number of amides is 2. The van der Waals surface area contributed by atoms with Crippen LogP contribution in [-0.4, -0.2) is 60.4 Å². The summed E-state index contributed by atoms with van der Waals surface area (Å²) in [5.74, 6) is 0.492. The van der Waals surface area contributed by atoms with Gasteiger partial charge in [-0.3, -0.25) is 10.1 Å². The molecular weight excluding hydrogens is 432 g/mol. The summed E-state index contributed by atoms with van der Waals surface area (Å²) < 4.78 is 5.17. The maximum atomic E-state index is 13.6. The molecule has 2 amide bonds. The van der Waals surface area contributed by atoms with Crippen molar-refractivity contribution < 1.29 is 19.4 Å². The fourth-order valence-electron chi connectivity index (χ4n) is 5.64. The number of anilines is 2. The van der Waals surface area contributed by atoms with Crippen molar-refractivity contribution in [1.82, 2.24) is 4.90 Å². The molecule has 1 aliphatic carbocycles. The Balaban J connectivity index is 1.45. The molecule has 1 aromatic carbocycles. The van der Waals surface area contributed by atoms with Gasteiger partial charge in [0.1, 0.15) is 0 Å². The van der Waals surface area contributed by atoms with Crippen LogP contribution in [0.1, 0.15) is 58.8 Å². The third-order valence-electron chi connectivity index (χ3n) is 7.46. The first-order chi connectivity index (χ1) is 16.3. The van der Waals surface area contributed by atoms with Crippen LogP contribution < -0.4 is 10.2 Å². The summed E-state index contributed by atoms with van der Waals surface area (Å²) in [7, 11) is 0. The van der Waals surface area contributed by atoms with Crippen molar-refractivity contribution in [2.75, 3.05) is 36.5 Å². The molecule has 3 aliphatic rings. The van der Waals surface area contributed by atoms with Crippen LogP contribution in [0.5, 0.6) is 0 Å². The maximum absolute atomic E-state index is 13.6. The highest BCUT2D eigenvalue weighted by Gasteiger charge is 2.50. The van der Waals surface area contributed by atoms with E-state index in [1.807, 2.05) is 19.9 Å². The predicted molar refractivity (Wildman–Crippen MR) is 131 cm³/mol. The lowest BCUT2D eigenvalue weighted by Gasteiger charge is -2.42. The number of aliphatic hydroxyl groups is 1. The second kappa shape index (κ2) is 10.2. The molecule has 0 aromatic heterocycles. The number of benzene rings is 1. The first kappa shape index (κ1) is 24.3. The average Bonchev–Trinajstić information content (AvgIpc) is 3.13. The van der Waals surface area contributed by atoms with E-state index in [-0.39, 0.29) is 24.0 Å². The Morgan fingerprint density at radius 3 is 2.74 bits per heavy atom. The van der Waals surface area contributed by atoms with Gasteiger partial charge in [-0.15, -0.1) is 0 Å². The van der Waals surface area contributed by atoms with Crippen molar-refractivity contribution in [3.05, 3.63) is 29.6 Å². The molecule has 2 saturated heterocycles. The van der Waals surface area contributed by atoms with Crippen molar-refractivity contribution in [2.24, 2.45) is 11.3 Å². The molecular formula is C26H36N4O4. The van der Waals surface area contributed by atoms with Crippen LogP contribution in [0.2, 0.25) is 0 Å². The molecule has 1 atom stereocenters. The fraction of sp³-hybridized carbons (Fsp3) is 0.654. The van der Waals surface area contributed by atoms with E-state index in [2.05, 4.69) is 20.0 Å². The predicted octanol–water partition coefficient (Wildman–Crippen LogP) is 4.56. The number of hydrogen-bond acceptors (Lipinski definition) is 5. The monoisotopic (exact) mass is 468 g/mol. The lowest BCUT2D eigenvalue weighted by Crippen LogP contribution is -2.50. The third kappa shape index (κ3) is 5.15. The molecule has 2 aliphatic heterocycles. The van der Waals surface area contributed by atoms with E-state index in [1.165, 1.54) is 0 Å². The molecule has 1 aromatic rings. The number of nitrogens with zero attached hydrogens (tertiary/aromatic N) is 3. The molecule has 0 unspecified atom stereocenters. The highest BCUT2D eigenvalue weighted by atomic mass is 16.5. The number of carbonyl (C=O) groups excluding carboxylic acids is 2. The Labute approximate surface area is 202 Å². The van der Waals surface area contributed by atoms with E-state index < -0.39 is 11.5 Å². The number of ether oxygens (including phenoxy) is 1. The minimum Gasteiger partial charge on any atom is -0.449 e. The zero-order valence-electron chi connectivity index (χ0n) is 20.3. The lowest BCUT2D eigenvalue weighted by atomic mass is 9.78. The number of piperidine rings is 1. The van der Waals surface area contributed by atoms with Crippen molar-refractivity contribution in [1.29, 1.82) is 0 Å². The largest absolute Gasteiger partial charge is 0.449 e. The SMILES string of the molecule is [C-]#[N+]c1cc(NC(=O)OCC(C)C)ccc1N1CCC[C@]2(CCN([C@H]3CC[C@H](O)CC3)C2=O)C1. The molecule has 184 valence electrons. The van der Waals surface area contributed by atoms with Gasteiger partial charge >= 0.3 is 6.09 Å². The molecule has 4 rings (SSSR count). The fourth-order valence-corrected chi connectivity index (χ4v) is 5.64. The maximum Gasteiger partial charge on any atom is 0.411 e. The standard InChI is InChI=1S/C26H36N4O4/c1-18(2)16-34-25(33)28-19-5-10-23(22(15-19)27-3)29-13-4-11-26(17-29)12-14-30(24(26)32)20-6-8-21(31)9-7-20/h5,10,15,18,20-21,31H,4,6-9,11-14,16-17H2,1-2H3,(H,28,33)/t20-,21-,26-/m0/s1. The lowest BCUT2D eigenvalue weighted by molar-refractivity contribution is -0.139. The number of carbonyl (C=O) groups is 2.